The monoisotopic (exact) mass is 348 g/mol. The number of benzene rings is 2. The molecule has 2 fully saturated rings. The zero-order valence-corrected chi connectivity index (χ0v) is 13.9. The predicted molar refractivity (Wildman–Crippen MR) is 95.4 cm³/mol. The minimum Gasteiger partial charge on any atom is -0.274 e. The fraction of sp³-hybridized carbons (Fsp3) is 0.300. The summed E-state index contributed by atoms with van der Waals surface area (Å²) in [5.74, 6) is -0.678. The van der Waals surface area contributed by atoms with Crippen molar-refractivity contribution in [2.75, 3.05) is 4.90 Å². The van der Waals surface area contributed by atoms with Gasteiger partial charge in [-0.1, -0.05) is 30.4 Å². The standard InChI is InChI=1S/C20H16N2O4/c23-19-17-11-5-6-12(8-7-11)18(17)20(24)21(19)15-9-10-16(22(25)26)14-4-2-1-3-13(14)15/h1-6,9-12,17-18H,7-8H2/t11-,12-,17?,18?/m1/s1. The lowest BCUT2D eigenvalue weighted by molar-refractivity contribution is -0.383. The van der Waals surface area contributed by atoms with Crippen molar-refractivity contribution in [2.24, 2.45) is 23.7 Å². The van der Waals surface area contributed by atoms with E-state index in [2.05, 4.69) is 12.2 Å². The van der Waals surface area contributed by atoms with Gasteiger partial charge in [0.15, 0.2) is 0 Å². The first-order valence-electron chi connectivity index (χ1n) is 8.80. The zero-order valence-electron chi connectivity index (χ0n) is 13.9. The van der Waals surface area contributed by atoms with E-state index in [4.69, 9.17) is 0 Å². The molecule has 0 spiro atoms. The first kappa shape index (κ1) is 15.3. The van der Waals surface area contributed by atoms with Gasteiger partial charge < -0.3 is 0 Å². The Morgan fingerprint density at radius 3 is 2.00 bits per heavy atom. The number of anilines is 1. The third-order valence-electron chi connectivity index (χ3n) is 6.07. The van der Waals surface area contributed by atoms with Crippen LogP contribution in [0.1, 0.15) is 12.8 Å². The predicted octanol–water partition coefficient (Wildman–Crippen LogP) is 3.45. The van der Waals surface area contributed by atoms with Crippen molar-refractivity contribution in [2.45, 2.75) is 12.8 Å². The summed E-state index contributed by atoms with van der Waals surface area (Å²) in [6.45, 7) is 0. The van der Waals surface area contributed by atoms with E-state index in [1.54, 1.807) is 24.3 Å². The van der Waals surface area contributed by atoms with Crippen LogP contribution in [-0.2, 0) is 9.59 Å². The summed E-state index contributed by atoms with van der Waals surface area (Å²) < 4.78 is 0. The van der Waals surface area contributed by atoms with Gasteiger partial charge in [0.2, 0.25) is 11.8 Å². The number of amides is 2. The van der Waals surface area contributed by atoms with Gasteiger partial charge in [-0.25, -0.2) is 4.90 Å². The maximum absolute atomic E-state index is 13.1. The quantitative estimate of drug-likeness (QED) is 0.360. The molecule has 2 bridgehead atoms. The molecule has 4 atom stereocenters. The highest BCUT2D eigenvalue weighted by atomic mass is 16.6. The molecule has 1 saturated carbocycles. The molecule has 2 amide bonds. The van der Waals surface area contributed by atoms with Crippen molar-refractivity contribution in [3.63, 3.8) is 0 Å². The van der Waals surface area contributed by atoms with E-state index in [0.717, 1.165) is 12.8 Å². The number of imide groups is 1. The number of carbonyl (C=O) groups excluding carboxylic acids is 2. The molecule has 1 saturated heterocycles. The SMILES string of the molecule is O=C1C2C(C(=O)N1c1ccc([N+](=O)[O-])c3ccccc13)[C@@H]1C=C[C@@H]2CC1. The molecule has 3 aliphatic carbocycles. The molecule has 2 unspecified atom stereocenters. The minimum absolute atomic E-state index is 0.0254. The molecule has 1 heterocycles. The molecule has 26 heavy (non-hydrogen) atoms. The average Bonchev–Trinajstić information content (AvgIpc) is 2.95. The number of carbonyl (C=O) groups is 2. The summed E-state index contributed by atoms with van der Waals surface area (Å²) in [7, 11) is 0. The highest BCUT2D eigenvalue weighted by Gasteiger charge is 2.57. The van der Waals surface area contributed by atoms with E-state index in [9.17, 15) is 19.7 Å². The number of fused-ring (bicyclic) bond motifs is 2. The first-order valence-corrected chi connectivity index (χ1v) is 8.80. The van der Waals surface area contributed by atoms with Crippen LogP contribution >= 0.6 is 0 Å². The van der Waals surface area contributed by atoms with Gasteiger partial charge in [-0.15, -0.1) is 0 Å². The van der Waals surface area contributed by atoms with E-state index in [1.165, 1.54) is 17.0 Å². The molecular formula is C20H16N2O4. The second-order valence-electron chi connectivity index (χ2n) is 7.26. The molecule has 0 aromatic heterocycles. The van der Waals surface area contributed by atoms with Crippen LogP contribution in [0.25, 0.3) is 10.8 Å². The highest BCUT2D eigenvalue weighted by molar-refractivity contribution is 6.25. The fourth-order valence-corrected chi connectivity index (χ4v) is 4.93. The second kappa shape index (κ2) is 5.24. The van der Waals surface area contributed by atoms with Crippen LogP contribution < -0.4 is 4.90 Å². The van der Waals surface area contributed by atoms with Crippen LogP contribution in [0.4, 0.5) is 11.4 Å². The van der Waals surface area contributed by atoms with Crippen molar-refractivity contribution >= 4 is 34.0 Å². The number of non-ortho nitro benzene ring substituents is 1. The van der Waals surface area contributed by atoms with Crippen molar-refractivity contribution in [1.82, 2.24) is 0 Å². The minimum atomic E-state index is -0.441. The lowest BCUT2D eigenvalue weighted by Crippen LogP contribution is -2.38. The van der Waals surface area contributed by atoms with Crippen molar-refractivity contribution in [1.29, 1.82) is 0 Å². The van der Waals surface area contributed by atoms with Gasteiger partial charge in [-0.2, -0.15) is 0 Å². The van der Waals surface area contributed by atoms with Gasteiger partial charge in [-0.05, 0) is 36.8 Å². The van der Waals surface area contributed by atoms with Gasteiger partial charge in [0, 0.05) is 11.5 Å². The molecule has 6 rings (SSSR count). The van der Waals surface area contributed by atoms with Gasteiger partial charge in [0.1, 0.15) is 0 Å². The normalized spacial score (nSPS) is 29.5. The third-order valence-corrected chi connectivity index (χ3v) is 6.07. The van der Waals surface area contributed by atoms with Crippen molar-refractivity contribution in [3.8, 4) is 0 Å². The van der Waals surface area contributed by atoms with E-state index >= 15 is 0 Å². The van der Waals surface area contributed by atoms with Gasteiger partial charge in [0.25, 0.3) is 5.69 Å². The van der Waals surface area contributed by atoms with Gasteiger partial charge in [-0.3, -0.25) is 19.7 Å². The number of nitrogens with zero attached hydrogens (tertiary/aromatic N) is 2. The zero-order chi connectivity index (χ0) is 18.0. The Morgan fingerprint density at radius 1 is 0.885 bits per heavy atom. The molecular weight excluding hydrogens is 332 g/mol. The van der Waals surface area contributed by atoms with Crippen LogP contribution in [0, 0.1) is 33.8 Å². The molecule has 4 aliphatic rings. The Bertz CT molecular complexity index is 980. The van der Waals surface area contributed by atoms with Crippen molar-refractivity contribution < 1.29 is 14.5 Å². The number of rotatable bonds is 2. The number of hydrogen-bond donors (Lipinski definition) is 0. The smallest absolute Gasteiger partial charge is 0.274 e. The Balaban J connectivity index is 1.68. The Kier molecular flexibility index (Phi) is 3.07. The number of hydrogen-bond acceptors (Lipinski definition) is 4. The number of allylic oxidation sites excluding steroid dienone is 2. The number of nitro groups is 1. The summed E-state index contributed by atoms with van der Waals surface area (Å²) in [4.78, 5) is 38.4. The summed E-state index contributed by atoms with van der Waals surface area (Å²) >= 11 is 0. The maximum atomic E-state index is 13.1. The van der Waals surface area contributed by atoms with Crippen LogP contribution in [0.3, 0.4) is 0 Å². The second-order valence-corrected chi connectivity index (χ2v) is 7.26. The average molecular weight is 348 g/mol. The highest BCUT2D eigenvalue weighted by Crippen LogP contribution is 2.51. The summed E-state index contributed by atoms with van der Waals surface area (Å²) in [6.07, 6.45) is 6.04. The topological polar surface area (TPSA) is 80.5 Å². The van der Waals surface area contributed by atoms with E-state index in [1.807, 2.05) is 0 Å². The fourth-order valence-electron chi connectivity index (χ4n) is 4.93. The number of nitro benzene ring substituents is 1. The van der Waals surface area contributed by atoms with E-state index in [-0.39, 0.29) is 41.2 Å². The van der Waals surface area contributed by atoms with E-state index < -0.39 is 4.92 Å². The lowest BCUT2D eigenvalue weighted by atomic mass is 9.63. The molecule has 130 valence electrons. The third kappa shape index (κ3) is 1.87. The largest absolute Gasteiger partial charge is 0.277 e. The molecule has 0 radical (unpaired) electrons. The van der Waals surface area contributed by atoms with Gasteiger partial charge >= 0.3 is 0 Å². The van der Waals surface area contributed by atoms with E-state index in [0.29, 0.717) is 16.5 Å². The molecule has 6 nitrogen and oxygen atoms in total. The van der Waals surface area contributed by atoms with Crippen LogP contribution in [0.5, 0.6) is 0 Å². The van der Waals surface area contributed by atoms with Crippen LogP contribution in [0.15, 0.2) is 48.6 Å². The van der Waals surface area contributed by atoms with Crippen LogP contribution in [-0.4, -0.2) is 16.7 Å². The maximum Gasteiger partial charge on any atom is 0.277 e. The Labute approximate surface area is 149 Å². The molecule has 0 N–H and O–H groups in total. The lowest BCUT2D eigenvalue weighted by Gasteiger charge is -2.38. The molecule has 6 heteroatoms. The molecule has 2 aromatic rings. The van der Waals surface area contributed by atoms with Crippen molar-refractivity contribution in [3.05, 3.63) is 58.7 Å². The Hall–Kier alpha value is -3.02. The van der Waals surface area contributed by atoms with Crippen LogP contribution in [0.2, 0.25) is 0 Å². The summed E-state index contributed by atoms with van der Waals surface area (Å²) in [5, 5.41) is 12.3. The first-order chi connectivity index (χ1) is 12.6. The summed E-state index contributed by atoms with van der Waals surface area (Å²) in [6, 6.07) is 9.78. The summed E-state index contributed by atoms with van der Waals surface area (Å²) in [5.41, 5.74) is 0.428. The Morgan fingerprint density at radius 2 is 1.46 bits per heavy atom. The van der Waals surface area contributed by atoms with Gasteiger partial charge in [0.05, 0.1) is 27.8 Å². The molecule has 2 aromatic carbocycles. The molecule has 1 aliphatic heterocycles.